The van der Waals surface area contributed by atoms with Gasteiger partial charge in [-0.2, -0.15) is 0 Å². The van der Waals surface area contributed by atoms with Gasteiger partial charge < -0.3 is 19.8 Å². The monoisotopic (exact) mass is 628 g/mol. The Morgan fingerprint density at radius 2 is 1.51 bits per heavy atom. The van der Waals surface area contributed by atoms with E-state index in [0.717, 1.165) is 83.1 Å². The second-order valence-electron chi connectivity index (χ2n) is 12.1. The van der Waals surface area contributed by atoms with E-state index in [1.165, 1.54) is 4.90 Å². The van der Waals surface area contributed by atoms with Gasteiger partial charge in [-0.3, -0.25) is 9.80 Å². The molecule has 0 spiro atoms. The van der Waals surface area contributed by atoms with Crippen LogP contribution in [0.5, 0.6) is 0 Å². The molecule has 0 aliphatic carbocycles. The number of imidazole rings is 2. The van der Waals surface area contributed by atoms with Crippen LogP contribution < -0.4 is 0 Å². The van der Waals surface area contributed by atoms with Crippen LogP contribution >= 0.6 is 0 Å². The minimum atomic E-state index is -0.905. The van der Waals surface area contributed by atoms with Crippen LogP contribution in [-0.2, 0) is 11.3 Å². The summed E-state index contributed by atoms with van der Waals surface area (Å²) in [6, 6.07) is 21.1. The molecular formula is C37H36N6O4. The third-order valence-corrected chi connectivity index (χ3v) is 8.92. The Bertz CT molecular complexity index is 2000. The molecule has 0 radical (unpaired) electrons. The van der Waals surface area contributed by atoms with Gasteiger partial charge in [0.15, 0.2) is 0 Å². The Kier molecular flexibility index (Phi) is 8.60. The molecule has 7 rings (SSSR count). The van der Waals surface area contributed by atoms with Crippen molar-refractivity contribution >= 4 is 40.3 Å². The third kappa shape index (κ3) is 6.70. The topological polar surface area (TPSA) is 127 Å². The number of hydrogen-bond acceptors (Lipinski definition) is 5. The van der Waals surface area contributed by atoms with E-state index in [4.69, 9.17) is 9.72 Å². The molecule has 3 aromatic carbocycles. The molecule has 47 heavy (non-hydrogen) atoms. The number of fused-ring (bicyclic) bond motifs is 2. The van der Waals surface area contributed by atoms with Gasteiger partial charge in [-0.05, 0) is 92.1 Å². The van der Waals surface area contributed by atoms with Gasteiger partial charge in [0.25, 0.3) is 0 Å². The number of nitrogens with one attached hydrogen (secondary N) is 2. The fourth-order valence-corrected chi connectivity index (χ4v) is 6.52. The van der Waals surface area contributed by atoms with E-state index >= 15 is 0 Å². The second kappa shape index (κ2) is 13.4. The molecule has 2 aliphatic rings. The van der Waals surface area contributed by atoms with Crippen LogP contribution in [0, 0.1) is 11.8 Å². The van der Waals surface area contributed by atoms with Gasteiger partial charge in [-0.15, -0.1) is 0 Å². The number of nitrogens with zero attached hydrogens (tertiary/aromatic N) is 4. The number of ether oxygens (including phenoxy) is 1. The summed E-state index contributed by atoms with van der Waals surface area (Å²) in [7, 11) is 0. The van der Waals surface area contributed by atoms with Crippen molar-refractivity contribution in [2.24, 2.45) is 0 Å². The lowest BCUT2D eigenvalue weighted by Crippen LogP contribution is -2.39. The van der Waals surface area contributed by atoms with Crippen LogP contribution in [0.3, 0.4) is 0 Å². The average molecular weight is 629 g/mol. The number of carbonyl (C=O) groups is 2. The van der Waals surface area contributed by atoms with E-state index in [9.17, 15) is 14.7 Å². The van der Waals surface area contributed by atoms with Crippen LogP contribution in [0.25, 0.3) is 28.1 Å². The number of benzene rings is 3. The Balaban J connectivity index is 1.02. The number of likely N-dealkylation sites (tertiary alicyclic amines) is 2. The third-order valence-electron chi connectivity index (χ3n) is 8.92. The largest absolute Gasteiger partial charge is 0.465 e. The maximum Gasteiger partial charge on any atom is 0.410 e. The fourth-order valence-electron chi connectivity index (χ4n) is 6.52. The van der Waals surface area contributed by atoms with E-state index in [1.54, 1.807) is 4.90 Å². The molecular weight excluding hydrogens is 592 g/mol. The number of H-pyrrole nitrogens is 2. The van der Waals surface area contributed by atoms with E-state index in [1.807, 2.05) is 78.9 Å². The summed E-state index contributed by atoms with van der Waals surface area (Å²) >= 11 is 0. The number of carboxylic acid groups (broad SMARTS) is 1. The average Bonchev–Trinajstić information content (AvgIpc) is 3.73. The summed E-state index contributed by atoms with van der Waals surface area (Å²) in [6.45, 7) is 1.41. The highest BCUT2D eigenvalue weighted by Crippen LogP contribution is 2.32. The van der Waals surface area contributed by atoms with Crippen molar-refractivity contribution in [1.82, 2.24) is 29.7 Å². The molecule has 5 aromatic rings. The molecule has 0 saturated carbocycles. The summed E-state index contributed by atoms with van der Waals surface area (Å²) in [4.78, 5) is 44.3. The molecule has 2 saturated heterocycles. The van der Waals surface area contributed by atoms with Gasteiger partial charge >= 0.3 is 12.2 Å². The van der Waals surface area contributed by atoms with Crippen LogP contribution in [0.2, 0.25) is 0 Å². The molecule has 2 atom stereocenters. The van der Waals surface area contributed by atoms with Crippen LogP contribution in [-0.4, -0.2) is 60.1 Å². The second-order valence-corrected chi connectivity index (χ2v) is 12.1. The quantitative estimate of drug-likeness (QED) is 0.172. The van der Waals surface area contributed by atoms with Crippen molar-refractivity contribution in [3.63, 3.8) is 0 Å². The van der Waals surface area contributed by atoms with Gasteiger partial charge in [-0.25, -0.2) is 19.6 Å². The fraction of sp³-hybridized carbons (Fsp3) is 0.297. The molecule has 4 heterocycles. The van der Waals surface area contributed by atoms with E-state index in [-0.39, 0.29) is 24.8 Å². The predicted octanol–water partition coefficient (Wildman–Crippen LogP) is 7.57. The zero-order valence-electron chi connectivity index (χ0n) is 26.0. The first kappa shape index (κ1) is 30.1. The number of carbonyl (C=O) groups excluding carboxylic acids is 1. The first-order valence-electron chi connectivity index (χ1n) is 16.2. The lowest BCUT2D eigenvalue weighted by Gasteiger charge is -2.33. The summed E-state index contributed by atoms with van der Waals surface area (Å²) in [5.74, 6) is 7.79. The highest BCUT2D eigenvalue weighted by atomic mass is 16.6. The molecule has 2 unspecified atom stereocenters. The molecule has 2 amide bonds. The Labute approximate surface area is 272 Å². The highest BCUT2D eigenvalue weighted by molar-refractivity contribution is 5.79. The summed E-state index contributed by atoms with van der Waals surface area (Å²) in [6.07, 6.45) is 7.94. The van der Waals surface area contributed by atoms with Crippen molar-refractivity contribution in [2.45, 2.75) is 57.2 Å². The van der Waals surface area contributed by atoms with Crippen molar-refractivity contribution in [2.75, 3.05) is 13.1 Å². The number of aromatic nitrogens is 4. The number of piperidine rings is 2. The number of aromatic amines is 2. The molecule has 3 N–H and O–H groups in total. The van der Waals surface area contributed by atoms with Gasteiger partial charge in [0, 0.05) is 18.7 Å². The van der Waals surface area contributed by atoms with E-state index in [2.05, 4.69) is 26.8 Å². The predicted molar refractivity (Wildman–Crippen MR) is 179 cm³/mol. The van der Waals surface area contributed by atoms with Crippen LogP contribution in [0.15, 0.2) is 72.8 Å². The molecule has 10 heteroatoms. The van der Waals surface area contributed by atoms with Crippen LogP contribution in [0.4, 0.5) is 9.59 Å². The Hall–Kier alpha value is -5.56. The zero-order chi connectivity index (χ0) is 32.2. The molecule has 0 bridgehead atoms. The number of hydrogen-bond donors (Lipinski definition) is 3. The van der Waals surface area contributed by atoms with E-state index < -0.39 is 6.09 Å². The zero-order valence-corrected chi connectivity index (χ0v) is 26.0. The maximum absolute atomic E-state index is 13.1. The molecule has 2 aliphatic heterocycles. The minimum absolute atomic E-state index is 0.168. The molecule has 10 nitrogen and oxygen atoms in total. The highest BCUT2D eigenvalue weighted by Gasteiger charge is 2.32. The summed E-state index contributed by atoms with van der Waals surface area (Å²) < 4.78 is 5.65. The van der Waals surface area contributed by atoms with Gasteiger partial charge in [0.2, 0.25) is 0 Å². The standard InChI is InChI=1S/C37H36N6O4/c44-36(45)42-20-8-6-14-32(42)34-38-28-18-16-25(22-30(28)40-34)10-4-5-11-26-17-19-29-31(23-26)41-35(39-29)33-15-7-9-21-43(33)37(46)47-24-27-12-2-1-3-13-27/h1-4,10,12-13,16-19,22-23,32-33H,6-9,14-15,20-21,24H2,(H,38,40)(H,39,41)(H,44,45). The van der Waals surface area contributed by atoms with Crippen molar-refractivity contribution in [3.8, 4) is 11.8 Å². The molecule has 238 valence electrons. The lowest BCUT2D eigenvalue weighted by atomic mass is 10.0. The maximum atomic E-state index is 13.1. The van der Waals surface area contributed by atoms with Gasteiger partial charge in [-0.1, -0.05) is 48.2 Å². The van der Waals surface area contributed by atoms with Crippen molar-refractivity contribution in [1.29, 1.82) is 0 Å². The number of amides is 2. The number of rotatable bonds is 5. The normalized spacial score (nSPS) is 18.4. The van der Waals surface area contributed by atoms with Gasteiger partial charge in [0.1, 0.15) is 18.3 Å². The van der Waals surface area contributed by atoms with Crippen molar-refractivity contribution < 1.29 is 19.4 Å². The molecule has 2 aromatic heterocycles. The van der Waals surface area contributed by atoms with E-state index in [0.29, 0.717) is 18.9 Å². The van der Waals surface area contributed by atoms with Gasteiger partial charge in [0.05, 0.1) is 34.2 Å². The first-order chi connectivity index (χ1) is 23.0. The summed E-state index contributed by atoms with van der Waals surface area (Å²) in [5.41, 5.74) is 6.16. The SMILES string of the molecule is O=C(O)N1CCCCC1c1nc2ccc(C=CC#Cc3ccc4nc(C5CCCCN5C(=O)OCc5ccccc5)[nH]c4c3)cc2[nH]1. The van der Waals surface area contributed by atoms with Crippen LogP contribution in [0.1, 0.15) is 78.9 Å². The van der Waals surface area contributed by atoms with Crippen molar-refractivity contribution in [3.05, 3.63) is 101 Å². The molecule has 2 fully saturated rings. The number of allylic oxidation sites excluding steroid dienone is 1. The Morgan fingerprint density at radius 1 is 0.851 bits per heavy atom. The smallest absolute Gasteiger partial charge is 0.410 e. The summed E-state index contributed by atoms with van der Waals surface area (Å²) in [5, 5.41) is 9.61. The minimum Gasteiger partial charge on any atom is -0.465 e. The Morgan fingerprint density at radius 3 is 2.23 bits per heavy atom. The lowest BCUT2D eigenvalue weighted by molar-refractivity contribution is 0.0661. The first-order valence-corrected chi connectivity index (χ1v) is 16.2.